The van der Waals surface area contributed by atoms with Gasteiger partial charge in [-0.2, -0.15) is 0 Å². The quantitative estimate of drug-likeness (QED) is 0.813. The Morgan fingerprint density at radius 3 is 2.67 bits per heavy atom. The summed E-state index contributed by atoms with van der Waals surface area (Å²) in [7, 11) is 1.85. The number of likely N-dealkylation sites (tertiary alicyclic amines) is 1. The molecule has 1 amide bonds. The molecule has 1 unspecified atom stereocenters. The number of hydrogen-bond acceptors (Lipinski definition) is 6. The third-order valence-corrected chi connectivity index (χ3v) is 6.43. The summed E-state index contributed by atoms with van der Waals surface area (Å²) in [6.07, 6.45) is 4.26. The lowest BCUT2D eigenvalue weighted by molar-refractivity contribution is 0.0744. The number of aryl methyl sites for hydroxylation is 2. The van der Waals surface area contributed by atoms with Crippen LogP contribution < -0.4 is 0 Å². The Bertz CT molecular complexity index is 718. The van der Waals surface area contributed by atoms with Crippen LogP contribution in [-0.4, -0.2) is 45.8 Å². The fourth-order valence-electron chi connectivity index (χ4n) is 3.08. The Hall–Kier alpha value is -1.31. The van der Waals surface area contributed by atoms with Crippen LogP contribution in [0.15, 0.2) is 6.20 Å². The third-order valence-electron chi connectivity index (χ3n) is 4.56. The summed E-state index contributed by atoms with van der Waals surface area (Å²) in [4.78, 5) is 27.9. The zero-order valence-electron chi connectivity index (χ0n) is 14.7. The van der Waals surface area contributed by atoms with Crippen molar-refractivity contribution in [2.24, 2.45) is 0 Å². The summed E-state index contributed by atoms with van der Waals surface area (Å²) in [5.41, 5.74) is 0.996. The van der Waals surface area contributed by atoms with Crippen molar-refractivity contribution in [3.8, 4) is 0 Å². The molecule has 0 radical (unpaired) electrons. The van der Waals surface area contributed by atoms with E-state index in [2.05, 4.69) is 21.8 Å². The number of hydrogen-bond donors (Lipinski definition) is 0. The SMILES string of the molecule is Cc1nc(C(C)N(C)C(=O)c2cnc(CN3CCCC3)s2)c(C)s1. The van der Waals surface area contributed by atoms with Crippen LogP contribution in [0, 0.1) is 13.8 Å². The van der Waals surface area contributed by atoms with Gasteiger partial charge in [-0.05, 0) is 46.7 Å². The Kier molecular flexibility index (Phi) is 5.32. The monoisotopic (exact) mass is 364 g/mol. The molecule has 0 aliphatic carbocycles. The number of carbonyl (C=O) groups excluding carboxylic acids is 1. The van der Waals surface area contributed by atoms with Crippen LogP contribution >= 0.6 is 22.7 Å². The number of rotatable bonds is 5. The summed E-state index contributed by atoms with van der Waals surface area (Å²) in [6.45, 7) is 9.25. The molecule has 0 saturated carbocycles. The molecular formula is C17H24N4OS2. The van der Waals surface area contributed by atoms with E-state index in [1.807, 2.05) is 20.9 Å². The van der Waals surface area contributed by atoms with E-state index in [9.17, 15) is 4.79 Å². The van der Waals surface area contributed by atoms with Crippen molar-refractivity contribution in [1.82, 2.24) is 19.8 Å². The average Bonchev–Trinajstić information content (AvgIpc) is 3.28. The number of nitrogens with zero attached hydrogens (tertiary/aromatic N) is 4. The van der Waals surface area contributed by atoms with Gasteiger partial charge in [0.05, 0.1) is 29.5 Å². The van der Waals surface area contributed by atoms with Gasteiger partial charge in [0.25, 0.3) is 5.91 Å². The second-order valence-electron chi connectivity index (χ2n) is 6.37. The van der Waals surface area contributed by atoms with E-state index in [-0.39, 0.29) is 11.9 Å². The Morgan fingerprint density at radius 1 is 1.33 bits per heavy atom. The van der Waals surface area contributed by atoms with Gasteiger partial charge in [0, 0.05) is 11.9 Å². The Labute approximate surface area is 151 Å². The molecule has 3 rings (SSSR count). The van der Waals surface area contributed by atoms with E-state index in [4.69, 9.17) is 0 Å². The molecule has 3 heterocycles. The van der Waals surface area contributed by atoms with Gasteiger partial charge >= 0.3 is 0 Å². The highest BCUT2D eigenvalue weighted by Gasteiger charge is 2.24. The van der Waals surface area contributed by atoms with Gasteiger partial charge in [-0.25, -0.2) is 9.97 Å². The summed E-state index contributed by atoms with van der Waals surface area (Å²) in [5, 5.41) is 2.07. The van der Waals surface area contributed by atoms with Crippen molar-refractivity contribution in [2.45, 2.75) is 46.2 Å². The molecule has 1 fully saturated rings. The first-order valence-electron chi connectivity index (χ1n) is 8.34. The maximum absolute atomic E-state index is 12.8. The Balaban J connectivity index is 1.69. The van der Waals surface area contributed by atoms with E-state index < -0.39 is 0 Å². The van der Waals surface area contributed by atoms with Crippen molar-refractivity contribution in [3.63, 3.8) is 0 Å². The number of amides is 1. The summed E-state index contributed by atoms with van der Waals surface area (Å²) in [5.74, 6) is 0.0257. The molecule has 24 heavy (non-hydrogen) atoms. The molecule has 5 nitrogen and oxygen atoms in total. The minimum atomic E-state index is -0.0356. The van der Waals surface area contributed by atoms with Crippen LogP contribution in [0.4, 0.5) is 0 Å². The Morgan fingerprint density at radius 2 is 2.04 bits per heavy atom. The minimum absolute atomic E-state index is 0.0257. The molecular weight excluding hydrogens is 340 g/mol. The van der Waals surface area contributed by atoms with E-state index >= 15 is 0 Å². The van der Waals surface area contributed by atoms with E-state index in [1.54, 1.807) is 22.4 Å². The van der Waals surface area contributed by atoms with Gasteiger partial charge in [0.2, 0.25) is 0 Å². The molecule has 0 N–H and O–H groups in total. The third kappa shape index (κ3) is 3.68. The van der Waals surface area contributed by atoms with Crippen LogP contribution in [0.25, 0.3) is 0 Å². The summed E-state index contributed by atoms with van der Waals surface area (Å²) >= 11 is 3.20. The van der Waals surface area contributed by atoms with E-state index in [0.29, 0.717) is 4.88 Å². The molecule has 1 aliphatic rings. The maximum atomic E-state index is 12.8. The first-order valence-corrected chi connectivity index (χ1v) is 9.97. The van der Waals surface area contributed by atoms with Gasteiger partial charge in [-0.15, -0.1) is 22.7 Å². The largest absolute Gasteiger partial charge is 0.333 e. The van der Waals surface area contributed by atoms with Gasteiger partial charge < -0.3 is 4.90 Å². The van der Waals surface area contributed by atoms with Gasteiger partial charge in [0.1, 0.15) is 9.88 Å². The molecule has 0 bridgehead atoms. The van der Waals surface area contributed by atoms with Crippen molar-refractivity contribution >= 4 is 28.6 Å². The highest BCUT2D eigenvalue weighted by atomic mass is 32.1. The molecule has 1 saturated heterocycles. The molecule has 2 aromatic rings. The van der Waals surface area contributed by atoms with Crippen LogP contribution in [0.1, 0.15) is 56.1 Å². The van der Waals surface area contributed by atoms with Crippen LogP contribution in [0.2, 0.25) is 0 Å². The first-order chi connectivity index (χ1) is 11.5. The van der Waals surface area contributed by atoms with Crippen molar-refractivity contribution < 1.29 is 4.79 Å². The lowest BCUT2D eigenvalue weighted by Gasteiger charge is -2.23. The number of thiazole rings is 2. The van der Waals surface area contributed by atoms with Crippen LogP contribution in [0.5, 0.6) is 0 Å². The summed E-state index contributed by atoms with van der Waals surface area (Å²) in [6, 6.07) is -0.0356. The average molecular weight is 365 g/mol. The van der Waals surface area contributed by atoms with Crippen molar-refractivity contribution in [1.29, 1.82) is 0 Å². The standard InChI is InChI=1S/C17H24N4OS2/c1-11(16-12(2)23-13(3)19-16)20(4)17(22)14-9-18-15(24-14)10-21-7-5-6-8-21/h9,11H,5-8,10H2,1-4H3. The summed E-state index contributed by atoms with van der Waals surface area (Å²) < 4.78 is 0. The molecule has 7 heteroatoms. The predicted molar refractivity (Wildman–Crippen MR) is 98.7 cm³/mol. The lowest BCUT2D eigenvalue weighted by atomic mass is 10.2. The highest BCUT2D eigenvalue weighted by molar-refractivity contribution is 7.13. The van der Waals surface area contributed by atoms with Crippen LogP contribution in [-0.2, 0) is 6.54 Å². The molecule has 2 aromatic heterocycles. The normalized spacial score (nSPS) is 16.5. The fraction of sp³-hybridized carbons (Fsp3) is 0.588. The lowest BCUT2D eigenvalue weighted by Crippen LogP contribution is -2.29. The molecule has 1 atom stereocenters. The van der Waals surface area contributed by atoms with Gasteiger partial charge in [0.15, 0.2) is 0 Å². The first kappa shape index (κ1) is 17.5. The zero-order chi connectivity index (χ0) is 17.3. The zero-order valence-corrected chi connectivity index (χ0v) is 16.3. The number of aromatic nitrogens is 2. The van der Waals surface area contributed by atoms with Crippen molar-refractivity contribution in [2.75, 3.05) is 20.1 Å². The molecule has 0 aromatic carbocycles. The molecule has 130 valence electrons. The fourth-order valence-corrected chi connectivity index (χ4v) is 4.93. The highest BCUT2D eigenvalue weighted by Crippen LogP contribution is 2.28. The van der Waals surface area contributed by atoms with Gasteiger partial charge in [-0.3, -0.25) is 9.69 Å². The maximum Gasteiger partial charge on any atom is 0.265 e. The second kappa shape index (κ2) is 7.29. The van der Waals surface area contributed by atoms with Crippen molar-refractivity contribution in [3.05, 3.63) is 31.7 Å². The number of carbonyl (C=O) groups is 1. The smallest absolute Gasteiger partial charge is 0.265 e. The molecule has 1 aliphatic heterocycles. The van der Waals surface area contributed by atoms with E-state index in [0.717, 1.165) is 35.3 Å². The minimum Gasteiger partial charge on any atom is -0.333 e. The van der Waals surface area contributed by atoms with Crippen LogP contribution in [0.3, 0.4) is 0 Å². The van der Waals surface area contributed by atoms with Gasteiger partial charge in [-0.1, -0.05) is 0 Å². The topological polar surface area (TPSA) is 49.3 Å². The second-order valence-corrected chi connectivity index (χ2v) is 8.89. The van der Waals surface area contributed by atoms with E-state index in [1.165, 1.54) is 29.1 Å². The predicted octanol–water partition coefficient (Wildman–Crippen LogP) is 3.65. The molecule has 0 spiro atoms.